The standard InChI is InChI=1S/C24H23N3O5/c1-32-17(28)14-24-19-18(21(29)27(22(19)30)16-10-6-3-7-11-16)20(15-8-4-2-5-9-15)26(24)13-12-25-23(24)31/h2-11,18-20H,12-14H2,1H3,(H,25,31)/t18-,19-,20-,24+/m1/s1. The van der Waals surface area contributed by atoms with E-state index in [-0.39, 0.29) is 12.3 Å². The van der Waals surface area contributed by atoms with Crippen LogP contribution < -0.4 is 10.2 Å². The molecule has 3 aliphatic rings. The zero-order valence-electron chi connectivity index (χ0n) is 17.6. The zero-order valence-corrected chi connectivity index (χ0v) is 17.6. The third-order valence-corrected chi connectivity index (χ3v) is 6.88. The summed E-state index contributed by atoms with van der Waals surface area (Å²) in [4.78, 5) is 56.5. The fraction of sp³-hybridized carbons (Fsp3) is 0.333. The molecule has 3 fully saturated rings. The van der Waals surface area contributed by atoms with Crippen LogP contribution in [-0.2, 0) is 23.9 Å². The van der Waals surface area contributed by atoms with E-state index in [1.807, 2.05) is 35.2 Å². The Labute approximate surface area is 185 Å². The first-order valence-corrected chi connectivity index (χ1v) is 10.6. The molecule has 2 aromatic carbocycles. The van der Waals surface area contributed by atoms with Crippen LogP contribution >= 0.6 is 0 Å². The summed E-state index contributed by atoms with van der Waals surface area (Å²) in [6.07, 6.45) is -0.304. The zero-order chi connectivity index (χ0) is 22.5. The molecule has 0 saturated carbocycles. The van der Waals surface area contributed by atoms with Crippen molar-refractivity contribution in [3.63, 3.8) is 0 Å². The van der Waals surface area contributed by atoms with Crippen molar-refractivity contribution in [1.82, 2.24) is 10.2 Å². The van der Waals surface area contributed by atoms with E-state index in [0.717, 1.165) is 5.56 Å². The van der Waals surface area contributed by atoms with Gasteiger partial charge in [0.25, 0.3) is 0 Å². The molecule has 3 heterocycles. The molecule has 0 unspecified atom stereocenters. The second kappa shape index (κ2) is 7.56. The summed E-state index contributed by atoms with van der Waals surface area (Å²) in [6, 6.07) is 17.6. The molecule has 3 amide bonds. The summed E-state index contributed by atoms with van der Waals surface area (Å²) in [5.74, 6) is -3.63. The largest absolute Gasteiger partial charge is 0.469 e. The van der Waals surface area contributed by atoms with Gasteiger partial charge < -0.3 is 10.1 Å². The predicted octanol–water partition coefficient (Wildman–Crippen LogP) is 1.28. The van der Waals surface area contributed by atoms with Gasteiger partial charge in [-0.15, -0.1) is 0 Å². The fourth-order valence-corrected chi connectivity index (χ4v) is 5.64. The molecule has 5 rings (SSSR count). The van der Waals surface area contributed by atoms with Crippen LogP contribution in [0.3, 0.4) is 0 Å². The summed E-state index contributed by atoms with van der Waals surface area (Å²) >= 11 is 0. The number of nitrogens with zero attached hydrogens (tertiary/aromatic N) is 2. The normalized spacial score (nSPS) is 29.5. The molecule has 8 heteroatoms. The third kappa shape index (κ3) is 2.72. The maximum atomic E-state index is 13.8. The van der Waals surface area contributed by atoms with Gasteiger partial charge in [0.05, 0.1) is 31.1 Å². The Morgan fingerprint density at radius 1 is 1.03 bits per heavy atom. The average molecular weight is 433 g/mol. The monoisotopic (exact) mass is 433 g/mol. The van der Waals surface area contributed by atoms with Crippen LogP contribution in [0.15, 0.2) is 60.7 Å². The van der Waals surface area contributed by atoms with Gasteiger partial charge >= 0.3 is 5.97 Å². The maximum absolute atomic E-state index is 13.8. The second-order valence-corrected chi connectivity index (χ2v) is 8.33. The van der Waals surface area contributed by atoms with Crippen LogP contribution in [0.1, 0.15) is 18.0 Å². The highest BCUT2D eigenvalue weighted by Crippen LogP contribution is 2.57. The second-order valence-electron chi connectivity index (χ2n) is 8.33. The number of methoxy groups -OCH3 is 1. The minimum Gasteiger partial charge on any atom is -0.469 e. The molecule has 164 valence electrons. The molecule has 32 heavy (non-hydrogen) atoms. The molecular formula is C24H23N3O5. The Balaban J connectivity index is 1.71. The van der Waals surface area contributed by atoms with Gasteiger partial charge in [0.2, 0.25) is 17.7 Å². The number of amides is 3. The van der Waals surface area contributed by atoms with Gasteiger partial charge in [0, 0.05) is 19.1 Å². The van der Waals surface area contributed by atoms with E-state index < -0.39 is 41.2 Å². The first-order chi connectivity index (χ1) is 15.5. The van der Waals surface area contributed by atoms with Crippen molar-refractivity contribution in [1.29, 1.82) is 0 Å². The van der Waals surface area contributed by atoms with Gasteiger partial charge in [0.15, 0.2) is 0 Å². The van der Waals surface area contributed by atoms with Gasteiger partial charge in [-0.3, -0.25) is 24.1 Å². The average Bonchev–Trinajstić information content (AvgIpc) is 3.26. The van der Waals surface area contributed by atoms with Crippen molar-refractivity contribution in [3.05, 3.63) is 66.2 Å². The molecular weight excluding hydrogens is 410 g/mol. The number of carbonyl (C=O) groups excluding carboxylic acids is 4. The lowest BCUT2D eigenvalue weighted by Crippen LogP contribution is -2.67. The summed E-state index contributed by atoms with van der Waals surface area (Å²) in [5, 5.41) is 2.83. The van der Waals surface area contributed by atoms with E-state index in [1.165, 1.54) is 12.0 Å². The minimum absolute atomic E-state index is 0.304. The third-order valence-electron chi connectivity index (χ3n) is 6.88. The molecule has 0 radical (unpaired) electrons. The number of imide groups is 1. The van der Waals surface area contributed by atoms with Crippen LogP contribution in [0.4, 0.5) is 5.69 Å². The van der Waals surface area contributed by atoms with E-state index in [9.17, 15) is 19.2 Å². The van der Waals surface area contributed by atoms with Crippen LogP contribution in [-0.4, -0.2) is 54.3 Å². The minimum atomic E-state index is -1.49. The number of piperazine rings is 1. The number of hydrogen-bond acceptors (Lipinski definition) is 6. The van der Waals surface area contributed by atoms with Crippen molar-refractivity contribution in [2.75, 3.05) is 25.1 Å². The molecule has 0 aromatic heterocycles. The van der Waals surface area contributed by atoms with E-state index in [1.54, 1.807) is 30.3 Å². The number of para-hydroxylation sites is 1. The smallest absolute Gasteiger partial charge is 0.307 e. The van der Waals surface area contributed by atoms with Crippen LogP contribution in [0.2, 0.25) is 0 Å². The molecule has 8 nitrogen and oxygen atoms in total. The van der Waals surface area contributed by atoms with Crippen LogP contribution in [0.25, 0.3) is 0 Å². The Morgan fingerprint density at radius 2 is 1.69 bits per heavy atom. The Kier molecular flexibility index (Phi) is 4.82. The highest BCUT2D eigenvalue weighted by atomic mass is 16.5. The Bertz CT molecular complexity index is 1090. The number of esters is 1. The molecule has 2 aromatic rings. The van der Waals surface area contributed by atoms with Gasteiger partial charge in [-0.1, -0.05) is 48.5 Å². The lowest BCUT2D eigenvalue weighted by Gasteiger charge is -2.45. The fourth-order valence-electron chi connectivity index (χ4n) is 5.64. The number of nitrogens with one attached hydrogen (secondary N) is 1. The van der Waals surface area contributed by atoms with E-state index in [2.05, 4.69) is 5.32 Å². The number of rotatable bonds is 4. The maximum Gasteiger partial charge on any atom is 0.307 e. The molecule has 0 spiro atoms. The lowest BCUT2D eigenvalue weighted by molar-refractivity contribution is -0.154. The highest BCUT2D eigenvalue weighted by Gasteiger charge is 2.73. The molecule has 0 aliphatic carbocycles. The molecule has 3 saturated heterocycles. The van der Waals surface area contributed by atoms with Crippen molar-refractivity contribution in [2.45, 2.75) is 18.0 Å². The number of fused-ring (bicyclic) bond motifs is 3. The van der Waals surface area contributed by atoms with Gasteiger partial charge in [-0.2, -0.15) is 0 Å². The van der Waals surface area contributed by atoms with Gasteiger partial charge in [-0.05, 0) is 17.7 Å². The van der Waals surface area contributed by atoms with Crippen LogP contribution in [0, 0.1) is 11.8 Å². The first kappa shape index (κ1) is 20.4. The summed E-state index contributed by atoms with van der Waals surface area (Å²) in [5.41, 5.74) is -0.202. The molecule has 4 atom stereocenters. The number of benzene rings is 2. The van der Waals surface area contributed by atoms with E-state index in [0.29, 0.717) is 18.8 Å². The number of anilines is 1. The molecule has 1 N–H and O–H groups in total. The van der Waals surface area contributed by atoms with Crippen molar-refractivity contribution in [2.24, 2.45) is 11.8 Å². The summed E-state index contributed by atoms with van der Waals surface area (Å²) in [7, 11) is 1.25. The van der Waals surface area contributed by atoms with Crippen molar-refractivity contribution in [3.8, 4) is 0 Å². The predicted molar refractivity (Wildman–Crippen MR) is 114 cm³/mol. The topological polar surface area (TPSA) is 96.0 Å². The highest BCUT2D eigenvalue weighted by molar-refractivity contribution is 6.24. The van der Waals surface area contributed by atoms with E-state index >= 15 is 0 Å². The number of hydrogen-bond donors (Lipinski definition) is 1. The van der Waals surface area contributed by atoms with Crippen molar-refractivity contribution < 1.29 is 23.9 Å². The lowest BCUT2D eigenvalue weighted by atomic mass is 9.76. The Hall–Kier alpha value is -3.52. The van der Waals surface area contributed by atoms with E-state index in [4.69, 9.17) is 4.74 Å². The number of ether oxygens (including phenoxy) is 1. The van der Waals surface area contributed by atoms with Gasteiger partial charge in [0.1, 0.15) is 5.54 Å². The van der Waals surface area contributed by atoms with Crippen LogP contribution in [0.5, 0.6) is 0 Å². The Morgan fingerprint density at radius 3 is 2.34 bits per heavy atom. The summed E-state index contributed by atoms with van der Waals surface area (Å²) in [6.45, 7) is 0.788. The van der Waals surface area contributed by atoms with Gasteiger partial charge in [-0.25, -0.2) is 4.90 Å². The first-order valence-electron chi connectivity index (χ1n) is 10.6. The van der Waals surface area contributed by atoms with Crippen molar-refractivity contribution >= 4 is 29.4 Å². The molecule has 0 bridgehead atoms. The number of carbonyl (C=O) groups is 4. The quantitative estimate of drug-likeness (QED) is 0.577. The molecule has 3 aliphatic heterocycles. The SMILES string of the molecule is COC(=O)C[C@]12C(=O)NCCN1[C@H](c1ccccc1)[C@@H]1C(=O)N(c3ccccc3)C(=O)[C@@H]12. The summed E-state index contributed by atoms with van der Waals surface area (Å²) < 4.78 is 4.91.